The van der Waals surface area contributed by atoms with Gasteiger partial charge in [0.25, 0.3) is 0 Å². The number of aliphatic hydroxyl groups excluding tert-OH is 1. The van der Waals surface area contributed by atoms with Gasteiger partial charge in [-0.1, -0.05) is 5.57 Å². The summed E-state index contributed by atoms with van der Waals surface area (Å²) in [4.78, 5) is 3.76. The first-order chi connectivity index (χ1) is 7.13. The molecule has 1 rings (SSSR count). The van der Waals surface area contributed by atoms with E-state index < -0.39 is 5.82 Å². The molecule has 0 radical (unpaired) electrons. The molecule has 3 nitrogen and oxygen atoms in total. The first kappa shape index (κ1) is 11.7. The van der Waals surface area contributed by atoms with Crippen molar-refractivity contribution in [1.29, 1.82) is 0 Å². The molecule has 0 atom stereocenters. The number of pyridine rings is 1. The maximum absolute atomic E-state index is 12.7. The van der Waals surface area contributed by atoms with Crippen LogP contribution < -0.4 is 4.74 Å². The van der Waals surface area contributed by atoms with Crippen LogP contribution in [0.1, 0.15) is 18.9 Å². The molecule has 82 valence electrons. The molecule has 0 aliphatic heterocycles. The van der Waals surface area contributed by atoms with Gasteiger partial charge in [0.2, 0.25) is 5.88 Å². The second-order valence-corrected chi connectivity index (χ2v) is 3.33. The highest BCUT2D eigenvalue weighted by Gasteiger charge is 2.05. The molecule has 0 aliphatic rings. The maximum atomic E-state index is 12.7. The molecule has 1 heterocycles. The molecule has 0 saturated heterocycles. The van der Waals surface area contributed by atoms with Crippen LogP contribution in [0.4, 0.5) is 4.39 Å². The van der Waals surface area contributed by atoms with Crippen molar-refractivity contribution in [1.82, 2.24) is 4.98 Å². The van der Waals surface area contributed by atoms with Crippen molar-refractivity contribution < 1.29 is 14.2 Å². The molecule has 0 spiro atoms. The lowest BCUT2D eigenvalue weighted by Crippen LogP contribution is -2.03. The second-order valence-electron chi connectivity index (χ2n) is 3.33. The van der Waals surface area contributed by atoms with Gasteiger partial charge in [0, 0.05) is 12.0 Å². The highest BCUT2D eigenvalue weighted by Crippen LogP contribution is 2.16. The molecule has 1 N–H and O–H groups in total. The van der Waals surface area contributed by atoms with Gasteiger partial charge in [-0.15, -0.1) is 6.58 Å². The average Bonchev–Trinajstić information content (AvgIpc) is 2.19. The van der Waals surface area contributed by atoms with Crippen molar-refractivity contribution in [3.63, 3.8) is 0 Å². The largest absolute Gasteiger partial charge is 0.477 e. The zero-order valence-corrected chi connectivity index (χ0v) is 8.66. The van der Waals surface area contributed by atoms with Crippen molar-refractivity contribution >= 4 is 0 Å². The minimum absolute atomic E-state index is 0.278. The van der Waals surface area contributed by atoms with E-state index in [1.54, 1.807) is 0 Å². The van der Waals surface area contributed by atoms with Crippen LogP contribution >= 0.6 is 0 Å². The number of nitrogens with zero attached hydrogens (tertiary/aromatic N) is 1. The number of aliphatic hydroxyl groups is 1. The van der Waals surface area contributed by atoms with E-state index in [0.29, 0.717) is 18.6 Å². The number of halogens is 1. The SMILES string of the molecule is C=C(C)CCOc1ncc(F)cc1CO. The molecule has 0 amide bonds. The minimum Gasteiger partial charge on any atom is -0.477 e. The monoisotopic (exact) mass is 211 g/mol. The van der Waals surface area contributed by atoms with Crippen molar-refractivity contribution in [2.75, 3.05) is 6.61 Å². The highest BCUT2D eigenvalue weighted by atomic mass is 19.1. The summed E-state index contributed by atoms with van der Waals surface area (Å²) in [7, 11) is 0. The summed E-state index contributed by atoms with van der Waals surface area (Å²) in [6.45, 7) is 5.78. The van der Waals surface area contributed by atoms with Gasteiger partial charge < -0.3 is 9.84 Å². The van der Waals surface area contributed by atoms with Crippen molar-refractivity contribution in [3.8, 4) is 5.88 Å². The first-order valence-electron chi connectivity index (χ1n) is 4.66. The lowest BCUT2D eigenvalue weighted by Gasteiger charge is -2.08. The fourth-order valence-corrected chi connectivity index (χ4v) is 1.03. The van der Waals surface area contributed by atoms with Crippen LogP contribution in [0.5, 0.6) is 5.88 Å². The van der Waals surface area contributed by atoms with Gasteiger partial charge in [-0.3, -0.25) is 0 Å². The average molecular weight is 211 g/mol. The molecular formula is C11H14FNO2. The number of rotatable bonds is 5. The summed E-state index contributed by atoms with van der Waals surface area (Å²) in [5.41, 5.74) is 1.36. The van der Waals surface area contributed by atoms with E-state index in [0.717, 1.165) is 11.8 Å². The van der Waals surface area contributed by atoms with Crippen LogP contribution in [0, 0.1) is 5.82 Å². The molecule has 4 heteroatoms. The van der Waals surface area contributed by atoms with Crippen molar-refractivity contribution in [3.05, 3.63) is 35.8 Å². The van der Waals surface area contributed by atoms with Gasteiger partial charge in [0.15, 0.2) is 0 Å². The fraction of sp³-hybridized carbons (Fsp3) is 0.364. The van der Waals surface area contributed by atoms with E-state index in [1.165, 1.54) is 6.07 Å². The Labute approximate surface area is 88.2 Å². The molecule has 15 heavy (non-hydrogen) atoms. The minimum atomic E-state index is -0.480. The van der Waals surface area contributed by atoms with E-state index in [1.807, 2.05) is 6.92 Å². The molecule has 0 aromatic carbocycles. The fourth-order valence-electron chi connectivity index (χ4n) is 1.03. The van der Waals surface area contributed by atoms with Crippen molar-refractivity contribution in [2.24, 2.45) is 0 Å². The van der Waals surface area contributed by atoms with Gasteiger partial charge in [0.05, 0.1) is 19.4 Å². The summed E-state index contributed by atoms with van der Waals surface area (Å²) >= 11 is 0. The van der Waals surface area contributed by atoms with Crippen LogP contribution in [0.3, 0.4) is 0 Å². The van der Waals surface area contributed by atoms with E-state index >= 15 is 0 Å². The molecule has 0 aliphatic carbocycles. The van der Waals surface area contributed by atoms with Gasteiger partial charge in [-0.25, -0.2) is 9.37 Å². The Bertz CT molecular complexity index is 352. The summed E-state index contributed by atoms with van der Waals surface area (Å²) in [6.07, 6.45) is 1.78. The molecule has 0 bridgehead atoms. The van der Waals surface area contributed by atoms with E-state index in [4.69, 9.17) is 9.84 Å². The van der Waals surface area contributed by atoms with E-state index in [2.05, 4.69) is 11.6 Å². The third-order valence-electron chi connectivity index (χ3n) is 1.83. The zero-order chi connectivity index (χ0) is 11.3. The predicted molar refractivity (Wildman–Crippen MR) is 55.0 cm³/mol. The normalized spacial score (nSPS) is 10.1. The molecule has 0 saturated carbocycles. The Morgan fingerprint density at radius 1 is 1.67 bits per heavy atom. The smallest absolute Gasteiger partial charge is 0.219 e. The Morgan fingerprint density at radius 2 is 2.40 bits per heavy atom. The van der Waals surface area contributed by atoms with Crippen LogP contribution in [-0.2, 0) is 6.61 Å². The van der Waals surface area contributed by atoms with Gasteiger partial charge in [0.1, 0.15) is 5.82 Å². The lowest BCUT2D eigenvalue weighted by molar-refractivity contribution is 0.257. The predicted octanol–water partition coefficient (Wildman–Crippen LogP) is 2.06. The topological polar surface area (TPSA) is 42.4 Å². The highest BCUT2D eigenvalue weighted by molar-refractivity contribution is 5.25. The Balaban J connectivity index is 2.63. The number of ether oxygens (including phenoxy) is 1. The third-order valence-corrected chi connectivity index (χ3v) is 1.83. The molecule has 0 unspecified atom stereocenters. The zero-order valence-electron chi connectivity index (χ0n) is 8.66. The van der Waals surface area contributed by atoms with Gasteiger partial charge in [-0.2, -0.15) is 0 Å². The molecular weight excluding hydrogens is 197 g/mol. The number of hydrogen-bond donors (Lipinski definition) is 1. The maximum Gasteiger partial charge on any atom is 0.219 e. The van der Waals surface area contributed by atoms with Gasteiger partial charge in [-0.05, 0) is 13.0 Å². The third kappa shape index (κ3) is 3.67. The van der Waals surface area contributed by atoms with E-state index in [9.17, 15) is 4.39 Å². The summed E-state index contributed by atoms with van der Waals surface area (Å²) in [6, 6.07) is 1.21. The number of aromatic nitrogens is 1. The Kier molecular flexibility index (Phi) is 4.24. The van der Waals surface area contributed by atoms with Crippen LogP contribution in [0.2, 0.25) is 0 Å². The summed E-state index contributed by atoms with van der Waals surface area (Å²) in [5.74, 6) is -0.202. The molecule has 0 fully saturated rings. The van der Waals surface area contributed by atoms with Crippen molar-refractivity contribution in [2.45, 2.75) is 20.0 Å². The Morgan fingerprint density at radius 3 is 3.00 bits per heavy atom. The first-order valence-corrected chi connectivity index (χ1v) is 4.66. The van der Waals surface area contributed by atoms with Crippen LogP contribution in [0.25, 0.3) is 0 Å². The lowest BCUT2D eigenvalue weighted by atomic mass is 10.2. The van der Waals surface area contributed by atoms with Crippen LogP contribution in [0.15, 0.2) is 24.4 Å². The second kappa shape index (κ2) is 5.46. The molecule has 1 aromatic rings. The van der Waals surface area contributed by atoms with E-state index in [-0.39, 0.29) is 12.5 Å². The van der Waals surface area contributed by atoms with Gasteiger partial charge >= 0.3 is 0 Å². The summed E-state index contributed by atoms with van der Waals surface area (Å²) in [5, 5.41) is 8.95. The molecule has 1 aromatic heterocycles. The van der Waals surface area contributed by atoms with Crippen LogP contribution in [-0.4, -0.2) is 16.7 Å². The standard InChI is InChI=1S/C11H14FNO2/c1-8(2)3-4-15-11-9(7-14)5-10(12)6-13-11/h5-6,14H,1,3-4,7H2,2H3. The number of hydrogen-bond acceptors (Lipinski definition) is 3. The quantitative estimate of drug-likeness (QED) is 0.758. The Hall–Kier alpha value is -1.42. The summed E-state index contributed by atoms with van der Waals surface area (Å²) < 4.78 is 18.0.